The van der Waals surface area contributed by atoms with Crippen molar-refractivity contribution in [1.82, 2.24) is 0 Å². The highest BCUT2D eigenvalue weighted by atomic mass is 79.9. The molecule has 0 aliphatic heterocycles. The van der Waals surface area contributed by atoms with E-state index in [-0.39, 0.29) is 0 Å². The Bertz CT molecular complexity index is 557. The van der Waals surface area contributed by atoms with Gasteiger partial charge in [0.05, 0.1) is 16.6 Å². The Balaban J connectivity index is 2.17. The summed E-state index contributed by atoms with van der Waals surface area (Å²) in [6.45, 7) is 0. The maximum atomic E-state index is 12.1. The molecule has 0 aromatic heterocycles. The molecule has 0 heterocycles. The van der Waals surface area contributed by atoms with Gasteiger partial charge in [0, 0.05) is 15.1 Å². The van der Waals surface area contributed by atoms with Crippen molar-refractivity contribution in [3.05, 3.63) is 58.6 Å². The lowest BCUT2D eigenvalue weighted by Crippen LogP contribution is -1.97. The van der Waals surface area contributed by atoms with Gasteiger partial charge in [0.15, 0.2) is 0 Å². The smallest absolute Gasteiger partial charge is 0.0574 e. The second kappa shape index (κ2) is 5.47. The van der Waals surface area contributed by atoms with Crippen LogP contribution < -0.4 is 5.73 Å². The number of nitrogen functional groups attached to an aromatic ring is 1. The first kappa shape index (κ1) is 12.3. The second-order valence-electron chi connectivity index (χ2n) is 3.69. The summed E-state index contributed by atoms with van der Waals surface area (Å²) >= 11 is 3.37. The first-order chi connectivity index (χ1) is 8.15. The Kier molecular flexibility index (Phi) is 3.97. The van der Waals surface area contributed by atoms with Crippen LogP contribution in [-0.2, 0) is 16.6 Å². The van der Waals surface area contributed by atoms with Crippen molar-refractivity contribution >= 4 is 32.4 Å². The Morgan fingerprint density at radius 1 is 1.12 bits per heavy atom. The summed E-state index contributed by atoms with van der Waals surface area (Å²) in [5, 5.41) is 0. The lowest BCUT2D eigenvalue weighted by atomic mass is 10.2. The van der Waals surface area contributed by atoms with E-state index in [2.05, 4.69) is 15.9 Å². The monoisotopic (exact) mass is 309 g/mol. The highest BCUT2D eigenvalue weighted by molar-refractivity contribution is 9.10. The van der Waals surface area contributed by atoms with Crippen LogP contribution in [0.3, 0.4) is 0 Å². The van der Waals surface area contributed by atoms with Crippen LogP contribution >= 0.6 is 15.9 Å². The zero-order valence-electron chi connectivity index (χ0n) is 9.10. The van der Waals surface area contributed by atoms with Gasteiger partial charge >= 0.3 is 0 Å². The molecular weight excluding hydrogens is 298 g/mol. The van der Waals surface area contributed by atoms with Crippen LogP contribution in [0.1, 0.15) is 5.56 Å². The number of benzene rings is 2. The minimum Gasteiger partial charge on any atom is -0.399 e. The molecule has 1 unspecified atom stereocenters. The van der Waals surface area contributed by atoms with E-state index in [1.807, 2.05) is 48.5 Å². The summed E-state index contributed by atoms with van der Waals surface area (Å²) in [6, 6.07) is 15.0. The molecule has 0 radical (unpaired) electrons. The van der Waals surface area contributed by atoms with E-state index in [4.69, 9.17) is 5.73 Å². The Labute approximate surface area is 111 Å². The van der Waals surface area contributed by atoms with E-state index in [1.54, 1.807) is 0 Å². The van der Waals surface area contributed by atoms with Crippen molar-refractivity contribution in [2.45, 2.75) is 10.6 Å². The molecule has 0 fully saturated rings. The highest BCUT2D eigenvalue weighted by Crippen LogP contribution is 2.18. The van der Waals surface area contributed by atoms with Gasteiger partial charge in [-0.15, -0.1) is 0 Å². The van der Waals surface area contributed by atoms with Crippen LogP contribution in [-0.4, -0.2) is 4.21 Å². The fourth-order valence-electron chi connectivity index (χ4n) is 1.53. The van der Waals surface area contributed by atoms with Crippen molar-refractivity contribution in [3.8, 4) is 0 Å². The number of hydrogen-bond acceptors (Lipinski definition) is 2. The van der Waals surface area contributed by atoms with Crippen molar-refractivity contribution < 1.29 is 4.21 Å². The SMILES string of the molecule is Nc1cccc(CS(=O)c2cccc(Br)c2)c1. The molecule has 0 aliphatic carbocycles. The van der Waals surface area contributed by atoms with Gasteiger partial charge in [0.2, 0.25) is 0 Å². The molecule has 2 aromatic rings. The molecule has 88 valence electrons. The molecule has 2 rings (SSSR count). The van der Waals surface area contributed by atoms with Gasteiger partial charge in [-0.3, -0.25) is 4.21 Å². The standard InChI is InChI=1S/C13H12BrNOS/c14-11-4-2-6-13(8-11)17(16)9-10-3-1-5-12(15)7-10/h1-8H,9,15H2. The molecule has 2 aromatic carbocycles. The fourth-order valence-corrected chi connectivity index (χ4v) is 3.21. The van der Waals surface area contributed by atoms with Gasteiger partial charge in [-0.2, -0.15) is 0 Å². The fraction of sp³-hybridized carbons (Fsp3) is 0.0769. The second-order valence-corrected chi connectivity index (χ2v) is 6.06. The first-order valence-electron chi connectivity index (χ1n) is 5.13. The number of hydrogen-bond donors (Lipinski definition) is 1. The summed E-state index contributed by atoms with van der Waals surface area (Å²) in [6.07, 6.45) is 0. The summed E-state index contributed by atoms with van der Waals surface area (Å²) < 4.78 is 13.1. The Hall–Kier alpha value is -1.13. The third-order valence-corrected chi connectivity index (χ3v) is 4.18. The third kappa shape index (κ3) is 3.41. The van der Waals surface area contributed by atoms with Crippen LogP contribution in [0.4, 0.5) is 5.69 Å². The lowest BCUT2D eigenvalue weighted by Gasteiger charge is -2.04. The van der Waals surface area contributed by atoms with E-state index < -0.39 is 10.8 Å². The molecule has 0 bridgehead atoms. The molecule has 2 N–H and O–H groups in total. The topological polar surface area (TPSA) is 43.1 Å². The Morgan fingerprint density at radius 2 is 1.88 bits per heavy atom. The van der Waals surface area contributed by atoms with Crippen LogP contribution in [0, 0.1) is 0 Å². The van der Waals surface area contributed by atoms with Gasteiger partial charge in [0.1, 0.15) is 0 Å². The summed E-state index contributed by atoms with van der Waals surface area (Å²) in [4.78, 5) is 0.821. The number of anilines is 1. The largest absolute Gasteiger partial charge is 0.399 e. The normalized spacial score (nSPS) is 12.3. The van der Waals surface area contributed by atoms with E-state index in [1.165, 1.54) is 0 Å². The highest BCUT2D eigenvalue weighted by Gasteiger charge is 2.05. The van der Waals surface area contributed by atoms with Crippen molar-refractivity contribution in [2.24, 2.45) is 0 Å². The average Bonchev–Trinajstić information content (AvgIpc) is 2.29. The van der Waals surface area contributed by atoms with Crippen LogP contribution in [0.2, 0.25) is 0 Å². The van der Waals surface area contributed by atoms with Crippen LogP contribution in [0.5, 0.6) is 0 Å². The molecule has 0 saturated heterocycles. The van der Waals surface area contributed by atoms with Crippen molar-refractivity contribution in [3.63, 3.8) is 0 Å². The number of halogens is 1. The van der Waals surface area contributed by atoms with Gasteiger partial charge in [-0.25, -0.2) is 0 Å². The van der Waals surface area contributed by atoms with E-state index >= 15 is 0 Å². The lowest BCUT2D eigenvalue weighted by molar-refractivity contribution is 0.682. The van der Waals surface area contributed by atoms with Crippen molar-refractivity contribution in [1.29, 1.82) is 0 Å². The van der Waals surface area contributed by atoms with Gasteiger partial charge < -0.3 is 5.73 Å². The minimum absolute atomic E-state index is 0.488. The van der Waals surface area contributed by atoms with Crippen LogP contribution in [0.25, 0.3) is 0 Å². The third-order valence-electron chi connectivity index (χ3n) is 2.31. The first-order valence-corrected chi connectivity index (χ1v) is 7.25. The van der Waals surface area contributed by atoms with E-state index in [9.17, 15) is 4.21 Å². The average molecular weight is 310 g/mol. The predicted molar refractivity (Wildman–Crippen MR) is 75.1 cm³/mol. The van der Waals surface area contributed by atoms with Gasteiger partial charge in [0.25, 0.3) is 0 Å². The summed E-state index contributed by atoms with van der Waals surface area (Å²) in [5.41, 5.74) is 7.38. The van der Waals surface area contributed by atoms with E-state index in [0.717, 1.165) is 14.9 Å². The summed E-state index contributed by atoms with van der Waals surface area (Å²) in [7, 11) is -1.04. The quantitative estimate of drug-likeness (QED) is 0.884. The molecular formula is C13H12BrNOS. The van der Waals surface area contributed by atoms with Crippen LogP contribution in [0.15, 0.2) is 57.9 Å². The number of nitrogens with two attached hydrogens (primary N) is 1. The maximum Gasteiger partial charge on any atom is 0.0574 e. The zero-order valence-corrected chi connectivity index (χ0v) is 11.5. The predicted octanol–water partition coefficient (Wildman–Crippen LogP) is 3.34. The molecule has 4 heteroatoms. The van der Waals surface area contributed by atoms with Gasteiger partial charge in [-0.1, -0.05) is 34.1 Å². The minimum atomic E-state index is -1.04. The Morgan fingerprint density at radius 3 is 2.59 bits per heavy atom. The molecule has 0 spiro atoms. The molecule has 2 nitrogen and oxygen atoms in total. The molecule has 0 saturated carbocycles. The van der Waals surface area contributed by atoms with Gasteiger partial charge in [-0.05, 0) is 35.9 Å². The molecule has 17 heavy (non-hydrogen) atoms. The molecule has 1 atom stereocenters. The molecule has 0 aliphatic rings. The van der Waals surface area contributed by atoms with E-state index in [0.29, 0.717) is 11.4 Å². The number of rotatable bonds is 3. The van der Waals surface area contributed by atoms with Crippen molar-refractivity contribution in [2.75, 3.05) is 5.73 Å². The maximum absolute atomic E-state index is 12.1. The molecule has 0 amide bonds. The summed E-state index contributed by atoms with van der Waals surface area (Å²) in [5.74, 6) is 0.488. The zero-order chi connectivity index (χ0) is 12.3.